The molecule has 2 atom stereocenters. The molecule has 2 rings (SSSR count). The van der Waals surface area contributed by atoms with Crippen molar-refractivity contribution in [1.29, 1.82) is 0 Å². The predicted molar refractivity (Wildman–Crippen MR) is 157 cm³/mol. The van der Waals surface area contributed by atoms with Gasteiger partial charge in [-0.2, -0.15) is 0 Å². The number of hydrogen-bond acceptors (Lipinski definition) is 6. The van der Waals surface area contributed by atoms with Gasteiger partial charge in [0.05, 0.1) is 13.1 Å². The summed E-state index contributed by atoms with van der Waals surface area (Å²) in [4.78, 5) is 32.2. The normalized spacial score (nSPS) is 14.6. The van der Waals surface area contributed by atoms with Crippen LogP contribution in [-0.2, 0) is 16.0 Å². The predicted octanol–water partition coefficient (Wildman–Crippen LogP) is 4.52. The second-order valence-corrected chi connectivity index (χ2v) is 10.7. The molecular formula is C29H49N5O2S. The van der Waals surface area contributed by atoms with Gasteiger partial charge in [0.2, 0.25) is 11.8 Å². The van der Waals surface area contributed by atoms with Gasteiger partial charge in [0.15, 0.2) is 0 Å². The van der Waals surface area contributed by atoms with E-state index in [-0.39, 0.29) is 30.9 Å². The molecule has 0 fully saturated rings. The monoisotopic (exact) mass is 531 g/mol. The van der Waals surface area contributed by atoms with Gasteiger partial charge in [-0.1, -0.05) is 52.3 Å². The van der Waals surface area contributed by atoms with Crippen LogP contribution < -0.4 is 16.0 Å². The number of aryl methyl sites for hydroxylation is 1. The summed E-state index contributed by atoms with van der Waals surface area (Å²) in [5.41, 5.74) is 2.14. The second-order valence-electron chi connectivity index (χ2n) is 9.32. The van der Waals surface area contributed by atoms with Crippen molar-refractivity contribution in [3.63, 3.8) is 0 Å². The molecule has 0 bridgehead atoms. The first kappa shape index (κ1) is 32.7. The number of carbonyl (C=O) groups is 2. The minimum Gasteiger partial charge on any atom is -0.368 e. The molecule has 0 saturated heterocycles. The van der Waals surface area contributed by atoms with E-state index in [0.29, 0.717) is 12.5 Å². The number of carbonyl (C=O) groups excluding carboxylic acids is 2. The van der Waals surface area contributed by atoms with Crippen LogP contribution in [0.1, 0.15) is 66.0 Å². The third kappa shape index (κ3) is 14.3. The maximum atomic E-state index is 12.4. The number of nitrogens with one attached hydrogen (secondary N) is 3. The summed E-state index contributed by atoms with van der Waals surface area (Å²) < 4.78 is 0. The van der Waals surface area contributed by atoms with E-state index in [2.05, 4.69) is 67.7 Å². The number of nitrogens with zero attached hydrogens (tertiary/aromatic N) is 2. The Hall–Kier alpha value is -2.32. The van der Waals surface area contributed by atoms with Crippen molar-refractivity contribution in [3.05, 3.63) is 52.8 Å². The Bertz CT molecular complexity index is 844. The number of hydrogen-bond donors (Lipinski definition) is 3. The lowest BCUT2D eigenvalue weighted by molar-refractivity contribution is -0.126. The molecule has 0 aliphatic carbocycles. The van der Waals surface area contributed by atoms with Crippen LogP contribution in [0, 0.1) is 5.92 Å². The van der Waals surface area contributed by atoms with Crippen molar-refractivity contribution in [3.8, 4) is 0 Å². The molecule has 1 aromatic heterocycles. The summed E-state index contributed by atoms with van der Waals surface area (Å²) in [5, 5.41) is 9.13. The molecule has 208 valence electrons. The Morgan fingerprint density at radius 1 is 1.19 bits per heavy atom. The topological polar surface area (TPSA) is 86.4 Å². The molecule has 2 heterocycles. The molecule has 2 amide bonds. The van der Waals surface area contributed by atoms with Gasteiger partial charge in [0.25, 0.3) is 0 Å². The fourth-order valence-corrected chi connectivity index (χ4v) is 4.76. The average molecular weight is 532 g/mol. The second kappa shape index (κ2) is 19.7. The van der Waals surface area contributed by atoms with Gasteiger partial charge in [-0.05, 0) is 62.1 Å². The van der Waals surface area contributed by atoms with Crippen molar-refractivity contribution < 1.29 is 9.59 Å². The third-order valence-electron chi connectivity index (χ3n) is 6.17. The van der Waals surface area contributed by atoms with Crippen LogP contribution in [0.2, 0.25) is 0 Å². The first-order valence-electron chi connectivity index (χ1n) is 13.7. The standard InChI is InChI=1S/C24H41N5O2.C5H8S/c1-6-12-21(24(25-8-3)19(4)7-2)29(5)18-23(31)28-17-22(30)27-16-11-14-20-13-9-10-15-26-20;1-5-3-2-4-6-5/h9-10,12-13,15,19,24-25H,6-8,11,14,16-18H2,1-5H3,(H,27,30)(H,28,31);3H,2,4H2,1H3/b21-12+;. The molecule has 0 radical (unpaired) electrons. The van der Waals surface area contributed by atoms with Gasteiger partial charge >= 0.3 is 0 Å². The Morgan fingerprint density at radius 2 is 1.97 bits per heavy atom. The van der Waals surface area contributed by atoms with E-state index >= 15 is 0 Å². The zero-order chi connectivity index (χ0) is 27.5. The van der Waals surface area contributed by atoms with Crippen molar-refractivity contribution >= 4 is 23.6 Å². The van der Waals surface area contributed by atoms with Crippen molar-refractivity contribution in [1.82, 2.24) is 25.8 Å². The summed E-state index contributed by atoms with van der Waals surface area (Å²) in [5.74, 6) is 1.44. The van der Waals surface area contributed by atoms with E-state index in [1.54, 1.807) is 6.20 Å². The van der Waals surface area contributed by atoms with Crippen LogP contribution in [0.5, 0.6) is 0 Å². The average Bonchev–Trinajstić information content (AvgIpc) is 3.38. The molecule has 37 heavy (non-hydrogen) atoms. The molecule has 8 heteroatoms. The first-order chi connectivity index (χ1) is 17.8. The minimum absolute atomic E-state index is 0.00884. The lowest BCUT2D eigenvalue weighted by Crippen LogP contribution is -2.45. The molecule has 0 spiro atoms. The number of amides is 2. The highest BCUT2D eigenvalue weighted by Crippen LogP contribution is 2.22. The largest absolute Gasteiger partial charge is 0.368 e. The summed E-state index contributed by atoms with van der Waals surface area (Å²) in [6.45, 7) is 12.4. The maximum absolute atomic E-state index is 12.4. The van der Waals surface area contributed by atoms with Crippen LogP contribution in [0.25, 0.3) is 0 Å². The van der Waals surface area contributed by atoms with Gasteiger partial charge in [-0.25, -0.2) is 0 Å². The van der Waals surface area contributed by atoms with Crippen LogP contribution in [-0.4, -0.2) is 66.7 Å². The van der Waals surface area contributed by atoms with Crippen molar-refractivity contribution in [2.75, 3.05) is 39.0 Å². The highest BCUT2D eigenvalue weighted by Gasteiger charge is 2.23. The molecule has 2 unspecified atom stereocenters. The minimum atomic E-state index is -0.175. The van der Waals surface area contributed by atoms with E-state index in [1.807, 2.05) is 41.9 Å². The lowest BCUT2D eigenvalue weighted by Gasteiger charge is -2.33. The quantitative estimate of drug-likeness (QED) is 0.289. The molecule has 0 saturated carbocycles. The number of pyridine rings is 1. The zero-order valence-electron chi connectivity index (χ0n) is 23.8. The smallest absolute Gasteiger partial charge is 0.239 e. The zero-order valence-corrected chi connectivity index (χ0v) is 24.6. The molecule has 7 nitrogen and oxygen atoms in total. The number of rotatable bonds is 15. The number of aromatic nitrogens is 1. The van der Waals surface area contributed by atoms with Gasteiger partial charge in [-0.15, -0.1) is 11.8 Å². The number of likely N-dealkylation sites (N-methyl/N-ethyl adjacent to an activating group) is 2. The highest BCUT2D eigenvalue weighted by molar-refractivity contribution is 8.03. The van der Waals surface area contributed by atoms with Gasteiger partial charge < -0.3 is 20.9 Å². The van der Waals surface area contributed by atoms with E-state index in [0.717, 1.165) is 43.6 Å². The summed E-state index contributed by atoms with van der Waals surface area (Å²) in [6.07, 6.45) is 11.1. The van der Waals surface area contributed by atoms with Gasteiger partial charge in [0.1, 0.15) is 0 Å². The van der Waals surface area contributed by atoms with Gasteiger partial charge in [-0.3, -0.25) is 14.6 Å². The molecule has 1 aliphatic rings. The molecule has 3 N–H and O–H groups in total. The van der Waals surface area contributed by atoms with Crippen LogP contribution in [0.4, 0.5) is 0 Å². The van der Waals surface area contributed by atoms with Crippen molar-refractivity contribution in [2.24, 2.45) is 5.92 Å². The van der Waals surface area contributed by atoms with Crippen LogP contribution in [0.15, 0.2) is 47.2 Å². The molecule has 1 aromatic rings. The number of allylic oxidation sites excluding steroid dienone is 3. The Balaban J connectivity index is 0.000000992. The molecule has 1 aliphatic heterocycles. The highest BCUT2D eigenvalue weighted by atomic mass is 32.2. The van der Waals surface area contributed by atoms with Gasteiger partial charge in [0, 0.05) is 43.0 Å². The SMILES string of the molecule is CC/C=C(\C(NCC)C(C)CC)N(C)CC(=O)NCC(=O)NCCCc1ccccn1.CC1=CCCS1. The Morgan fingerprint density at radius 3 is 2.51 bits per heavy atom. The third-order valence-corrected chi connectivity index (χ3v) is 7.24. The summed E-state index contributed by atoms with van der Waals surface area (Å²) in [6, 6.07) is 6.02. The first-order valence-corrected chi connectivity index (χ1v) is 14.7. The summed E-state index contributed by atoms with van der Waals surface area (Å²) in [7, 11) is 1.94. The molecular weight excluding hydrogens is 482 g/mol. The summed E-state index contributed by atoms with van der Waals surface area (Å²) >= 11 is 1.96. The van der Waals surface area contributed by atoms with E-state index in [9.17, 15) is 9.59 Å². The molecule has 0 aromatic carbocycles. The fourth-order valence-electron chi connectivity index (χ4n) is 3.97. The van der Waals surface area contributed by atoms with E-state index < -0.39 is 0 Å². The van der Waals surface area contributed by atoms with E-state index in [4.69, 9.17) is 0 Å². The van der Waals surface area contributed by atoms with Crippen molar-refractivity contribution in [2.45, 2.75) is 72.8 Å². The van der Waals surface area contributed by atoms with Crippen LogP contribution >= 0.6 is 11.8 Å². The Labute approximate surface area is 229 Å². The maximum Gasteiger partial charge on any atom is 0.239 e. The van der Waals surface area contributed by atoms with Crippen LogP contribution in [0.3, 0.4) is 0 Å². The Kier molecular flexibility index (Phi) is 17.5. The van der Waals surface area contributed by atoms with E-state index in [1.165, 1.54) is 17.1 Å². The number of thioether (sulfide) groups is 1. The lowest BCUT2D eigenvalue weighted by atomic mass is 9.94. The fraction of sp³-hybridized carbons (Fsp3) is 0.621.